The molecule has 0 bridgehead atoms. The van der Waals surface area contributed by atoms with E-state index in [1.54, 1.807) is 17.9 Å². The number of rotatable bonds is 5. The van der Waals surface area contributed by atoms with Crippen LogP contribution in [0.5, 0.6) is 11.5 Å². The van der Waals surface area contributed by atoms with Gasteiger partial charge in [-0.05, 0) is 43.7 Å². The fraction of sp³-hybridized carbons (Fsp3) is 0.333. The van der Waals surface area contributed by atoms with Crippen LogP contribution in [0.4, 0.5) is 10.1 Å². The average Bonchev–Trinajstić information content (AvgIpc) is 2.79. The number of amides is 1. The van der Waals surface area contributed by atoms with Gasteiger partial charge in [0, 0.05) is 37.6 Å². The van der Waals surface area contributed by atoms with E-state index >= 15 is 0 Å². The summed E-state index contributed by atoms with van der Waals surface area (Å²) in [7, 11) is 1.51. The summed E-state index contributed by atoms with van der Waals surface area (Å²) in [5.41, 5.74) is 2.59. The molecule has 1 aliphatic rings. The third-order valence-electron chi connectivity index (χ3n) is 5.54. The number of methoxy groups -OCH3 is 1. The molecule has 7 heteroatoms. The monoisotopic (exact) mass is 423 g/mol. The molecule has 0 spiro atoms. The molecule has 0 unspecified atom stereocenters. The Morgan fingerprint density at radius 3 is 2.55 bits per heavy atom. The van der Waals surface area contributed by atoms with Crippen molar-refractivity contribution in [3.8, 4) is 11.5 Å². The molecule has 3 aromatic rings. The number of para-hydroxylation sites is 2. The number of nitrogens with zero attached hydrogens (tertiary/aromatic N) is 3. The quantitative estimate of drug-likeness (QED) is 0.620. The van der Waals surface area contributed by atoms with Crippen LogP contribution in [0.3, 0.4) is 0 Å². The zero-order valence-electron chi connectivity index (χ0n) is 18.0. The summed E-state index contributed by atoms with van der Waals surface area (Å²) in [6, 6.07) is 12.4. The van der Waals surface area contributed by atoms with Crippen LogP contribution in [0.1, 0.15) is 23.0 Å². The zero-order chi connectivity index (χ0) is 22.0. The van der Waals surface area contributed by atoms with Crippen LogP contribution in [0.25, 0.3) is 10.9 Å². The van der Waals surface area contributed by atoms with Gasteiger partial charge in [-0.25, -0.2) is 9.37 Å². The van der Waals surface area contributed by atoms with E-state index in [2.05, 4.69) is 9.88 Å². The Balaban J connectivity index is 1.55. The molecule has 0 saturated carbocycles. The van der Waals surface area contributed by atoms with Crippen molar-refractivity contribution in [1.82, 2.24) is 9.88 Å². The van der Waals surface area contributed by atoms with E-state index in [-0.39, 0.29) is 11.7 Å². The second-order valence-electron chi connectivity index (χ2n) is 7.51. The zero-order valence-corrected chi connectivity index (χ0v) is 18.0. The van der Waals surface area contributed by atoms with Crippen molar-refractivity contribution in [2.45, 2.75) is 13.8 Å². The first kappa shape index (κ1) is 20.9. The highest BCUT2D eigenvalue weighted by Crippen LogP contribution is 2.31. The molecule has 1 amide bonds. The Kier molecular flexibility index (Phi) is 5.93. The van der Waals surface area contributed by atoms with E-state index in [1.807, 2.05) is 31.2 Å². The van der Waals surface area contributed by atoms with Crippen molar-refractivity contribution in [2.24, 2.45) is 0 Å². The molecule has 1 saturated heterocycles. The highest BCUT2D eigenvalue weighted by atomic mass is 19.1. The predicted molar refractivity (Wildman–Crippen MR) is 119 cm³/mol. The van der Waals surface area contributed by atoms with Gasteiger partial charge in [-0.3, -0.25) is 4.79 Å². The van der Waals surface area contributed by atoms with Gasteiger partial charge in [-0.15, -0.1) is 0 Å². The maximum atomic E-state index is 13.8. The number of anilines is 1. The number of halogens is 1. The lowest BCUT2D eigenvalue weighted by atomic mass is 10.1. The molecule has 0 atom stereocenters. The number of carbonyl (C=O) groups excluding carboxylic acids is 1. The number of ether oxygens (including phenoxy) is 2. The third-order valence-corrected chi connectivity index (χ3v) is 5.54. The molecule has 1 fully saturated rings. The summed E-state index contributed by atoms with van der Waals surface area (Å²) in [4.78, 5) is 21.8. The van der Waals surface area contributed by atoms with Gasteiger partial charge in [-0.1, -0.05) is 12.1 Å². The number of pyridine rings is 1. The molecule has 1 aromatic heterocycles. The highest BCUT2D eigenvalue weighted by Gasteiger charge is 2.25. The van der Waals surface area contributed by atoms with Crippen LogP contribution in [-0.2, 0) is 0 Å². The fourth-order valence-corrected chi connectivity index (χ4v) is 4.01. The average molecular weight is 423 g/mol. The minimum atomic E-state index is -0.354. The first-order valence-electron chi connectivity index (χ1n) is 10.4. The number of fused-ring (bicyclic) bond motifs is 1. The lowest BCUT2D eigenvalue weighted by Gasteiger charge is -2.36. The standard InChI is InChI=1S/C24H26FN3O3/c1-4-31-21-8-6-5-7-20(21)27-9-11-28(12-10-27)24(29)19-15-22(30-3)18-14-17(25)13-16(2)23(18)26-19/h5-8,13-15H,4,9-12H2,1-3H3. The fourth-order valence-electron chi connectivity index (χ4n) is 4.01. The van der Waals surface area contributed by atoms with Crippen LogP contribution in [-0.4, -0.2) is 55.7 Å². The molecule has 2 heterocycles. The van der Waals surface area contributed by atoms with Crippen molar-refractivity contribution >= 4 is 22.5 Å². The maximum Gasteiger partial charge on any atom is 0.272 e. The summed E-state index contributed by atoms with van der Waals surface area (Å²) < 4.78 is 25.0. The Morgan fingerprint density at radius 1 is 1.10 bits per heavy atom. The predicted octanol–water partition coefficient (Wildman–Crippen LogP) is 4.05. The number of aryl methyl sites for hydroxylation is 1. The second kappa shape index (κ2) is 8.79. The van der Waals surface area contributed by atoms with Gasteiger partial charge in [-0.2, -0.15) is 0 Å². The van der Waals surface area contributed by atoms with Gasteiger partial charge in [0.25, 0.3) is 5.91 Å². The molecular weight excluding hydrogens is 397 g/mol. The molecule has 0 N–H and O–H groups in total. The van der Waals surface area contributed by atoms with Gasteiger partial charge < -0.3 is 19.3 Å². The van der Waals surface area contributed by atoms with Crippen LogP contribution in [0.15, 0.2) is 42.5 Å². The van der Waals surface area contributed by atoms with Crippen molar-refractivity contribution < 1.29 is 18.7 Å². The van der Waals surface area contributed by atoms with Gasteiger partial charge >= 0.3 is 0 Å². The van der Waals surface area contributed by atoms with Crippen LogP contribution in [0.2, 0.25) is 0 Å². The minimum Gasteiger partial charge on any atom is -0.496 e. The van der Waals surface area contributed by atoms with E-state index in [1.165, 1.54) is 19.2 Å². The van der Waals surface area contributed by atoms with Crippen LogP contribution < -0.4 is 14.4 Å². The molecular formula is C24H26FN3O3. The topological polar surface area (TPSA) is 54.9 Å². The third kappa shape index (κ3) is 4.13. The number of hydrogen-bond donors (Lipinski definition) is 0. The Bertz CT molecular complexity index is 1110. The van der Waals surface area contributed by atoms with Crippen molar-refractivity contribution in [3.05, 3.63) is 59.5 Å². The Hall–Kier alpha value is -3.35. The normalized spacial score (nSPS) is 14.1. The molecule has 2 aromatic carbocycles. The summed E-state index contributed by atoms with van der Waals surface area (Å²) in [5, 5.41) is 0.564. The SMILES string of the molecule is CCOc1ccccc1N1CCN(C(=O)c2cc(OC)c3cc(F)cc(C)c3n2)CC1. The lowest BCUT2D eigenvalue weighted by molar-refractivity contribution is 0.0741. The maximum absolute atomic E-state index is 13.8. The van der Waals surface area contributed by atoms with E-state index < -0.39 is 0 Å². The molecule has 0 radical (unpaired) electrons. The summed E-state index contributed by atoms with van der Waals surface area (Å²) in [6.07, 6.45) is 0. The minimum absolute atomic E-state index is 0.151. The first-order chi connectivity index (χ1) is 15.0. The number of piperazine rings is 1. The summed E-state index contributed by atoms with van der Waals surface area (Å²) in [6.45, 7) is 6.90. The van der Waals surface area contributed by atoms with Crippen molar-refractivity contribution in [2.75, 3.05) is 44.8 Å². The van der Waals surface area contributed by atoms with Crippen molar-refractivity contribution in [3.63, 3.8) is 0 Å². The van der Waals surface area contributed by atoms with Gasteiger partial charge in [0.1, 0.15) is 23.0 Å². The summed E-state index contributed by atoms with van der Waals surface area (Å²) in [5.74, 6) is 0.794. The van der Waals surface area contributed by atoms with Gasteiger partial charge in [0.2, 0.25) is 0 Å². The van der Waals surface area contributed by atoms with Gasteiger partial charge in [0.15, 0.2) is 0 Å². The second-order valence-corrected chi connectivity index (χ2v) is 7.51. The molecule has 1 aliphatic heterocycles. The van der Waals surface area contributed by atoms with Crippen molar-refractivity contribution in [1.29, 1.82) is 0 Å². The van der Waals surface area contributed by atoms with Crippen LogP contribution in [0, 0.1) is 12.7 Å². The molecule has 31 heavy (non-hydrogen) atoms. The lowest BCUT2D eigenvalue weighted by Crippen LogP contribution is -2.49. The highest BCUT2D eigenvalue weighted by molar-refractivity contribution is 5.98. The Morgan fingerprint density at radius 2 is 1.84 bits per heavy atom. The molecule has 162 valence electrons. The first-order valence-corrected chi connectivity index (χ1v) is 10.4. The largest absolute Gasteiger partial charge is 0.496 e. The number of carbonyl (C=O) groups is 1. The number of benzene rings is 2. The molecule has 0 aliphatic carbocycles. The van der Waals surface area contributed by atoms with E-state index in [9.17, 15) is 9.18 Å². The van der Waals surface area contributed by atoms with E-state index in [0.717, 1.165) is 11.4 Å². The number of hydrogen-bond acceptors (Lipinski definition) is 5. The Labute approximate surface area is 181 Å². The molecule has 4 rings (SSSR count). The molecule has 6 nitrogen and oxygen atoms in total. The smallest absolute Gasteiger partial charge is 0.272 e. The van der Waals surface area contributed by atoms with Gasteiger partial charge in [0.05, 0.1) is 24.9 Å². The van der Waals surface area contributed by atoms with Crippen LogP contribution >= 0.6 is 0 Å². The van der Waals surface area contributed by atoms with E-state index in [0.29, 0.717) is 60.7 Å². The van der Waals surface area contributed by atoms with E-state index in [4.69, 9.17) is 9.47 Å². The number of aromatic nitrogens is 1. The summed E-state index contributed by atoms with van der Waals surface area (Å²) >= 11 is 0.